The Morgan fingerprint density at radius 3 is 2.68 bits per heavy atom. The minimum Gasteiger partial charge on any atom is -0.497 e. The average molecular weight is 355 g/mol. The monoisotopic (exact) mass is 355 g/mol. The quantitative estimate of drug-likeness (QED) is 0.701. The Balaban J connectivity index is 1.57. The van der Waals surface area contributed by atoms with Crippen LogP contribution in [-0.2, 0) is 6.42 Å². The molecular weight excluding hydrogens is 334 g/mol. The van der Waals surface area contributed by atoms with E-state index in [1.54, 1.807) is 24.8 Å². The maximum atomic E-state index is 5.19. The molecule has 0 unspecified atom stereocenters. The average Bonchev–Trinajstić information content (AvgIpc) is 3.11. The minimum atomic E-state index is 0.773. The van der Waals surface area contributed by atoms with Crippen LogP contribution in [-0.4, -0.2) is 42.7 Å². The molecule has 0 aliphatic heterocycles. The number of benzene rings is 1. The Labute approximate surface area is 151 Å². The van der Waals surface area contributed by atoms with E-state index in [0.29, 0.717) is 0 Å². The van der Waals surface area contributed by atoms with E-state index >= 15 is 0 Å². The fourth-order valence-corrected chi connectivity index (χ4v) is 3.16. The molecule has 0 saturated carbocycles. The lowest BCUT2D eigenvalue weighted by atomic mass is 10.2. The molecule has 3 rings (SSSR count). The number of aromatic nitrogens is 3. The third-order valence-corrected chi connectivity index (χ3v) is 4.63. The first kappa shape index (κ1) is 17.2. The van der Waals surface area contributed by atoms with Gasteiger partial charge in [-0.15, -0.1) is 11.3 Å². The van der Waals surface area contributed by atoms with Crippen LogP contribution in [0, 0.1) is 0 Å². The third kappa shape index (κ3) is 4.45. The summed E-state index contributed by atoms with van der Waals surface area (Å²) in [6.07, 6.45) is 2.41. The van der Waals surface area contributed by atoms with Crippen LogP contribution in [0.5, 0.6) is 5.75 Å². The molecule has 3 aromatic rings. The topological polar surface area (TPSA) is 63.2 Å². The van der Waals surface area contributed by atoms with Crippen molar-refractivity contribution in [2.45, 2.75) is 6.42 Å². The van der Waals surface area contributed by atoms with Gasteiger partial charge in [0, 0.05) is 44.1 Å². The van der Waals surface area contributed by atoms with Gasteiger partial charge in [-0.1, -0.05) is 0 Å². The molecule has 0 aliphatic rings. The van der Waals surface area contributed by atoms with Gasteiger partial charge >= 0.3 is 0 Å². The van der Waals surface area contributed by atoms with Crippen molar-refractivity contribution in [3.05, 3.63) is 47.7 Å². The summed E-state index contributed by atoms with van der Waals surface area (Å²) in [6.45, 7) is 0.773. The minimum absolute atomic E-state index is 0.773. The van der Waals surface area contributed by atoms with Gasteiger partial charge in [-0.3, -0.25) is 0 Å². The largest absolute Gasteiger partial charge is 0.497 e. The number of ether oxygens (including phenoxy) is 1. The summed E-state index contributed by atoms with van der Waals surface area (Å²) in [5, 5.41) is 6.45. The number of nitrogens with zero attached hydrogens (tertiary/aromatic N) is 4. The molecule has 2 aromatic heterocycles. The third-order valence-electron chi connectivity index (χ3n) is 3.69. The number of nitrogens with one attached hydrogen (secondary N) is 1. The number of methoxy groups -OCH3 is 1. The normalized spacial score (nSPS) is 10.5. The molecule has 0 spiro atoms. The van der Waals surface area contributed by atoms with Gasteiger partial charge in [0.25, 0.3) is 0 Å². The van der Waals surface area contributed by atoms with Crippen LogP contribution in [0.15, 0.2) is 42.0 Å². The highest BCUT2D eigenvalue weighted by Gasteiger charge is 2.06. The van der Waals surface area contributed by atoms with Gasteiger partial charge < -0.3 is 15.0 Å². The molecule has 1 N–H and O–H groups in total. The highest BCUT2D eigenvalue weighted by atomic mass is 32.1. The molecule has 1 aromatic carbocycles. The zero-order chi connectivity index (χ0) is 17.6. The predicted molar refractivity (Wildman–Crippen MR) is 103 cm³/mol. The van der Waals surface area contributed by atoms with E-state index < -0.39 is 0 Å². The Morgan fingerprint density at radius 1 is 1.16 bits per heavy atom. The molecule has 130 valence electrons. The smallest absolute Gasteiger partial charge is 0.133 e. The molecule has 0 saturated heterocycles. The molecule has 6 nitrogen and oxygen atoms in total. The van der Waals surface area contributed by atoms with Crippen molar-refractivity contribution in [3.63, 3.8) is 0 Å². The SMILES string of the molecule is COc1ccc(-c2nc(CCNc3cc(N(C)C)ncn3)cs2)cc1. The molecular formula is C18H21N5OS. The van der Waals surface area contributed by atoms with Crippen LogP contribution in [0.4, 0.5) is 11.6 Å². The lowest BCUT2D eigenvalue weighted by molar-refractivity contribution is 0.415. The maximum Gasteiger partial charge on any atom is 0.133 e. The zero-order valence-corrected chi connectivity index (χ0v) is 15.4. The summed E-state index contributed by atoms with van der Waals surface area (Å²) in [4.78, 5) is 15.1. The van der Waals surface area contributed by atoms with Gasteiger partial charge in [0.15, 0.2) is 0 Å². The standard InChI is InChI=1S/C18H21N5OS/c1-23(2)17-10-16(20-12-21-17)19-9-8-14-11-25-18(22-14)13-4-6-15(24-3)7-5-13/h4-7,10-12H,8-9H2,1-3H3,(H,19,20,21). The van der Waals surface area contributed by atoms with Crippen molar-refractivity contribution in [1.82, 2.24) is 15.0 Å². The van der Waals surface area contributed by atoms with E-state index in [-0.39, 0.29) is 0 Å². The molecule has 7 heteroatoms. The second kappa shape index (κ2) is 7.94. The summed E-state index contributed by atoms with van der Waals surface area (Å²) in [5.41, 5.74) is 2.18. The van der Waals surface area contributed by atoms with E-state index in [9.17, 15) is 0 Å². The van der Waals surface area contributed by atoms with E-state index in [1.165, 1.54) is 0 Å². The molecule has 0 fully saturated rings. The number of thiazole rings is 1. The lowest BCUT2D eigenvalue weighted by Gasteiger charge is -2.12. The van der Waals surface area contributed by atoms with Gasteiger partial charge in [-0.05, 0) is 24.3 Å². The highest BCUT2D eigenvalue weighted by Crippen LogP contribution is 2.25. The lowest BCUT2D eigenvalue weighted by Crippen LogP contribution is -2.12. The van der Waals surface area contributed by atoms with E-state index in [2.05, 4.69) is 20.7 Å². The van der Waals surface area contributed by atoms with Crippen molar-refractivity contribution in [2.24, 2.45) is 0 Å². The van der Waals surface area contributed by atoms with Crippen LogP contribution in [0.2, 0.25) is 0 Å². The Kier molecular flexibility index (Phi) is 5.45. The highest BCUT2D eigenvalue weighted by molar-refractivity contribution is 7.13. The second-order valence-electron chi connectivity index (χ2n) is 5.71. The van der Waals surface area contributed by atoms with Crippen molar-refractivity contribution >= 4 is 23.0 Å². The molecule has 0 bridgehead atoms. The van der Waals surface area contributed by atoms with Crippen LogP contribution < -0.4 is 15.0 Å². The van der Waals surface area contributed by atoms with E-state index in [4.69, 9.17) is 9.72 Å². The summed E-state index contributed by atoms with van der Waals surface area (Å²) < 4.78 is 5.19. The van der Waals surface area contributed by atoms with E-state index in [0.717, 1.165) is 46.6 Å². The number of anilines is 2. The van der Waals surface area contributed by atoms with Crippen molar-refractivity contribution < 1.29 is 4.74 Å². The van der Waals surface area contributed by atoms with Crippen molar-refractivity contribution in [3.8, 4) is 16.3 Å². The summed E-state index contributed by atoms with van der Waals surface area (Å²) in [7, 11) is 5.59. The van der Waals surface area contributed by atoms with Crippen LogP contribution in [0.1, 0.15) is 5.69 Å². The first-order valence-electron chi connectivity index (χ1n) is 7.98. The van der Waals surface area contributed by atoms with Crippen molar-refractivity contribution in [1.29, 1.82) is 0 Å². The summed E-state index contributed by atoms with van der Waals surface area (Å²) in [6, 6.07) is 9.90. The Bertz CT molecular complexity index is 816. The van der Waals surface area contributed by atoms with Gasteiger partial charge in [0.2, 0.25) is 0 Å². The first-order chi connectivity index (χ1) is 12.2. The molecule has 0 atom stereocenters. The summed E-state index contributed by atoms with van der Waals surface area (Å²) >= 11 is 1.66. The maximum absolute atomic E-state index is 5.19. The number of hydrogen-bond acceptors (Lipinski definition) is 7. The molecule has 0 radical (unpaired) electrons. The van der Waals surface area contributed by atoms with Crippen LogP contribution in [0.25, 0.3) is 10.6 Å². The van der Waals surface area contributed by atoms with Gasteiger partial charge in [0.05, 0.1) is 12.8 Å². The molecule has 2 heterocycles. The molecule has 0 aliphatic carbocycles. The summed E-state index contributed by atoms with van der Waals surface area (Å²) in [5.74, 6) is 2.56. The zero-order valence-electron chi connectivity index (χ0n) is 14.6. The molecule has 25 heavy (non-hydrogen) atoms. The van der Waals surface area contributed by atoms with Gasteiger partial charge in [-0.25, -0.2) is 15.0 Å². The fourth-order valence-electron chi connectivity index (χ4n) is 2.29. The molecule has 0 amide bonds. The number of hydrogen-bond donors (Lipinski definition) is 1. The van der Waals surface area contributed by atoms with E-state index in [1.807, 2.05) is 49.3 Å². The van der Waals surface area contributed by atoms with Gasteiger partial charge in [0.1, 0.15) is 28.7 Å². The van der Waals surface area contributed by atoms with Crippen LogP contribution >= 0.6 is 11.3 Å². The number of rotatable bonds is 7. The Morgan fingerprint density at radius 2 is 1.96 bits per heavy atom. The fraction of sp³-hybridized carbons (Fsp3) is 0.278. The van der Waals surface area contributed by atoms with Gasteiger partial charge in [-0.2, -0.15) is 0 Å². The second-order valence-corrected chi connectivity index (χ2v) is 6.56. The van der Waals surface area contributed by atoms with Crippen molar-refractivity contribution in [2.75, 3.05) is 38.0 Å². The first-order valence-corrected chi connectivity index (χ1v) is 8.86. The predicted octanol–water partition coefficient (Wildman–Crippen LogP) is 3.33. The van der Waals surface area contributed by atoms with Crippen LogP contribution in [0.3, 0.4) is 0 Å². The Hall–Kier alpha value is -2.67.